The molecule has 1 fully saturated rings. The zero-order valence-electron chi connectivity index (χ0n) is 13.5. The summed E-state index contributed by atoms with van der Waals surface area (Å²) in [4.78, 5) is 11.9. The van der Waals surface area contributed by atoms with Crippen LogP contribution in [0.5, 0.6) is 5.75 Å². The predicted molar refractivity (Wildman–Crippen MR) is 87.1 cm³/mol. The molecule has 1 aromatic carbocycles. The van der Waals surface area contributed by atoms with Crippen molar-refractivity contribution in [1.29, 1.82) is 0 Å². The first kappa shape index (κ1) is 16.8. The molecule has 22 heavy (non-hydrogen) atoms. The van der Waals surface area contributed by atoms with Crippen molar-refractivity contribution in [2.24, 2.45) is 5.92 Å². The van der Waals surface area contributed by atoms with Crippen molar-refractivity contribution in [3.63, 3.8) is 0 Å². The van der Waals surface area contributed by atoms with Gasteiger partial charge in [0.2, 0.25) is 5.91 Å². The highest BCUT2D eigenvalue weighted by Gasteiger charge is 2.13. The molecule has 1 N–H and O–H groups in total. The van der Waals surface area contributed by atoms with Gasteiger partial charge in [0, 0.05) is 19.8 Å². The van der Waals surface area contributed by atoms with Crippen LogP contribution in [0.3, 0.4) is 0 Å². The van der Waals surface area contributed by atoms with Crippen molar-refractivity contribution in [2.45, 2.75) is 39.0 Å². The summed E-state index contributed by atoms with van der Waals surface area (Å²) in [6, 6.07) is 7.73. The number of carbonyl (C=O) groups is 1. The minimum Gasteiger partial charge on any atom is -0.494 e. The van der Waals surface area contributed by atoms with E-state index in [4.69, 9.17) is 9.47 Å². The van der Waals surface area contributed by atoms with Crippen molar-refractivity contribution >= 4 is 5.91 Å². The fourth-order valence-corrected chi connectivity index (χ4v) is 2.77. The highest BCUT2D eigenvalue weighted by Crippen LogP contribution is 2.19. The maximum atomic E-state index is 11.9. The molecular formula is C18H27NO3. The van der Waals surface area contributed by atoms with Gasteiger partial charge in [0.1, 0.15) is 5.75 Å². The Morgan fingerprint density at radius 3 is 2.68 bits per heavy atom. The second kappa shape index (κ2) is 9.46. The number of amides is 1. The van der Waals surface area contributed by atoms with Crippen LogP contribution in [-0.4, -0.2) is 32.3 Å². The Hall–Kier alpha value is -1.55. The van der Waals surface area contributed by atoms with E-state index >= 15 is 0 Å². The molecule has 1 aliphatic heterocycles. The first-order valence-corrected chi connectivity index (χ1v) is 8.34. The summed E-state index contributed by atoms with van der Waals surface area (Å²) >= 11 is 0. The van der Waals surface area contributed by atoms with Gasteiger partial charge in [0.25, 0.3) is 0 Å². The third-order valence-corrected chi connectivity index (χ3v) is 4.05. The van der Waals surface area contributed by atoms with E-state index in [1.807, 2.05) is 31.2 Å². The van der Waals surface area contributed by atoms with Crippen LogP contribution in [0, 0.1) is 5.92 Å². The smallest absolute Gasteiger partial charge is 0.224 e. The van der Waals surface area contributed by atoms with Gasteiger partial charge in [-0.3, -0.25) is 4.79 Å². The molecule has 1 saturated heterocycles. The number of carbonyl (C=O) groups excluding carboxylic acids is 1. The predicted octanol–water partition coefficient (Wildman–Crippen LogP) is 2.95. The summed E-state index contributed by atoms with van der Waals surface area (Å²) in [5.41, 5.74) is 1.02. The fraction of sp³-hybridized carbons (Fsp3) is 0.611. The van der Waals surface area contributed by atoms with E-state index in [0.717, 1.165) is 43.4 Å². The zero-order chi connectivity index (χ0) is 15.6. The van der Waals surface area contributed by atoms with E-state index in [2.05, 4.69) is 5.32 Å². The molecule has 0 aromatic heterocycles. The summed E-state index contributed by atoms with van der Waals surface area (Å²) in [6.07, 6.45) is 5.01. The molecule has 0 spiro atoms. The molecule has 0 atom stereocenters. The molecule has 0 bridgehead atoms. The third kappa shape index (κ3) is 6.06. The standard InChI is InChI=1S/C18H27NO3/c1-2-22-17-7-5-16(6-8-17)14-18(20)19-11-3-4-15-9-12-21-13-10-15/h5-8,15H,2-4,9-14H2,1H3,(H,19,20). The Balaban J connectivity index is 1.60. The third-order valence-electron chi connectivity index (χ3n) is 4.05. The summed E-state index contributed by atoms with van der Waals surface area (Å²) < 4.78 is 10.7. The number of nitrogens with one attached hydrogen (secondary N) is 1. The summed E-state index contributed by atoms with van der Waals surface area (Å²) in [7, 11) is 0. The minimum absolute atomic E-state index is 0.0936. The first-order valence-electron chi connectivity index (χ1n) is 8.34. The van der Waals surface area contributed by atoms with E-state index in [1.165, 1.54) is 19.3 Å². The van der Waals surface area contributed by atoms with Crippen molar-refractivity contribution in [2.75, 3.05) is 26.4 Å². The monoisotopic (exact) mass is 305 g/mol. The fourth-order valence-electron chi connectivity index (χ4n) is 2.77. The van der Waals surface area contributed by atoms with Crippen molar-refractivity contribution < 1.29 is 14.3 Å². The van der Waals surface area contributed by atoms with Crippen molar-refractivity contribution in [3.05, 3.63) is 29.8 Å². The van der Waals surface area contributed by atoms with E-state index < -0.39 is 0 Å². The van der Waals surface area contributed by atoms with Gasteiger partial charge < -0.3 is 14.8 Å². The van der Waals surface area contributed by atoms with E-state index in [0.29, 0.717) is 13.0 Å². The average Bonchev–Trinajstić information content (AvgIpc) is 2.55. The Morgan fingerprint density at radius 2 is 2.00 bits per heavy atom. The van der Waals surface area contributed by atoms with E-state index in [1.54, 1.807) is 0 Å². The van der Waals surface area contributed by atoms with Crippen LogP contribution < -0.4 is 10.1 Å². The molecule has 2 rings (SSSR count). The lowest BCUT2D eigenvalue weighted by Crippen LogP contribution is -2.26. The summed E-state index contributed by atoms with van der Waals surface area (Å²) in [5.74, 6) is 1.72. The van der Waals surface area contributed by atoms with Gasteiger partial charge in [0.15, 0.2) is 0 Å². The Kier molecular flexibility index (Phi) is 7.23. The molecule has 1 aromatic rings. The Bertz CT molecular complexity index is 438. The molecule has 122 valence electrons. The lowest BCUT2D eigenvalue weighted by Gasteiger charge is -2.21. The number of hydrogen-bond donors (Lipinski definition) is 1. The molecule has 1 aliphatic rings. The van der Waals surface area contributed by atoms with Crippen molar-refractivity contribution in [3.8, 4) is 5.75 Å². The molecule has 4 nitrogen and oxygen atoms in total. The van der Waals surface area contributed by atoms with Crippen LogP contribution in [-0.2, 0) is 16.0 Å². The lowest BCUT2D eigenvalue weighted by molar-refractivity contribution is -0.120. The van der Waals surface area contributed by atoms with Crippen LogP contribution in [0.25, 0.3) is 0 Å². The highest BCUT2D eigenvalue weighted by molar-refractivity contribution is 5.78. The average molecular weight is 305 g/mol. The van der Waals surface area contributed by atoms with Gasteiger partial charge in [-0.1, -0.05) is 12.1 Å². The quantitative estimate of drug-likeness (QED) is 0.751. The molecule has 0 radical (unpaired) electrons. The Labute approximate surface area is 133 Å². The number of ether oxygens (including phenoxy) is 2. The largest absolute Gasteiger partial charge is 0.494 e. The normalized spacial score (nSPS) is 15.5. The molecule has 1 amide bonds. The zero-order valence-corrected chi connectivity index (χ0v) is 13.5. The Morgan fingerprint density at radius 1 is 1.27 bits per heavy atom. The number of hydrogen-bond acceptors (Lipinski definition) is 3. The molecule has 1 heterocycles. The van der Waals surface area contributed by atoms with Gasteiger partial charge in [-0.05, 0) is 56.2 Å². The first-order chi connectivity index (χ1) is 10.8. The maximum Gasteiger partial charge on any atom is 0.224 e. The van der Waals surface area contributed by atoms with Crippen LogP contribution in [0.2, 0.25) is 0 Å². The minimum atomic E-state index is 0.0936. The topological polar surface area (TPSA) is 47.6 Å². The van der Waals surface area contributed by atoms with Crippen molar-refractivity contribution in [1.82, 2.24) is 5.32 Å². The second-order valence-electron chi connectivity index (χ2n) is 5.80. The van der Waals surface area contributed by atoms with E-state index in [9.17, 15) is 4.79 Å². The van der Waals surface area contributed by atoms with Crippen LogP contribution in [0.4, 0.5) is 0 Å². The molecule has 0 unspecified atom stereocenters. The summed E-state index contributed by atoms with van der Waals surface area (Å²) in [5, 5.41) is 3.01. The molecule has 4 heteroatoms. The van der Waals surface area contributed by atoms with Crippen LogP contribution in [0.15, 0.2) is 24.3 Å². The van der Waals surface area contributed by atoms with Gasteiger partial charge in [0.05, 0.1) is 13.0 Å². The lowest BCUT2D eigenvalue weighted by atomic mass is 9.95. The van der Waals surface area contributed by atoms with Gasteiger partial charge >= 0.3 is 0 Å². The van der Waals surface area contributed by atoms with Crippen LogP contribution in [0.1, 0.15) is 38.2 Å². The number of rotatable bonds is 8. The summed E-state index contributed by atoms with van der Waals surface area (Å²) in [6.45, 7) is 5.19. The maximum absolute atomic E-state index is 11.9. The van der Waals surface area contributed by atoms with Gasteiger partial charge in [-0.15, -0.1) is 0 Å². The number of benzene rings is 1. The molecule has 0 aliphatic carbocycles. The van der Waals surface area contributed by atoms with Crippen LogP contribution >= 0.6 is 0 Å². The van der Waals surface area contributed by atoms with Gasteiger partial charge in [-0.25, -0.2) is 0 Å². The van der Waals surface area contributed by atoms with E-state index in [-0.39, 0.29) is 5.91 Å². The molecular weight excluding hydrogens is 278 g/mol. The highest BCUT2D eigenvalue weighted by atomic mass is 16.5. The molecule has 0 saturated carbocycles. The van der Waals surface area contributed by atoms with Gasteiger partial charge in [-0.2, -0.15) is 0 Å². The second-order valence-corrected chi connectivity index (χ2v) is 5.80. The SMILES string of the molecule is CCOc1ccc(CC(=O)NCCCC2CCOCC2)cc1.